The minimum absolute atomic E-state index is 0.0538. The minimum atomic E-state index is 0.0538. The number of benzene rings is 1. The van der Waals surface area contributed by atoms with E-state index in [4.69, 9.17) is 0 Å². The SMILES string of the molecule is O=C(Cc1cccc(Br)c1)NCCN1CCN(C(=O)C2CCCC2)CC1. The van der Waals surface area contributed by atoms with E-state index in [0.717, 1.165) is 55.6 Å². The van der Waals surface area contributed by atoms with Crippen LogP contribution < -0.4 is 5.32 Å². The van der Waals surface area contributed by atoms with Gasteiger partial charge in [0.1, 0.15) is 0 Å². The van der Waals surface area contributed by atoms with Gasteiger partial charge in [-0.25, -0.2) is 0 Å². The van der Waals surface area contributed by atoms with Crippen LogP contribution in [-0.2, 0) is 16.0 Å². The van der Waals surface area contributed by atoms with Crippen LogP contribution in [-0.4, -0.2) is 60.9 Å². The fraction of sp³-hybridized carbons (Fsp3) is 0.600. The molecule has 2 aliphatic rings. The molecule has 1 N–H and O–H groups in total. The Labute approximate surface area is 164 Å². The van der Waals surface area contributed by atoms with Crippen molar-refractivity contribution in [3.8, 4) is 0 Å². The first-order valence-corrected chi connectivity index (χ1v) is 10.4. The van der Waals surface area contributed by atoms with Gasteiger partial charge in [-0.05, 0) is 30.5 Å². The minimum Gasteiger partial charge on any atom is -0.355 e. The van der Waals surface area contributed by atoms with Crippen LogP contribution >= 0.6 is 15.9 Å². The number of halogens is 1. The van der Waals surface area contributed by atoms with Crippen molar-refractivity contribution < 1.29 is 9.59 Å². The van der Waals surface area contributed by atoms with Gasteiger partial charge >= 0.3 is 0 Å². The van der Waals surface area contributed by atoms with Crippen molar-refractivity contribution in [2.75, 3.05) is 39.3 Å². The summed E-state index contributed by atoms with van der Waals surface area (Å²) in [5, 5.41) is 3.00. The molecule has 0 atom stereocenters. The summed E-state index contributed by atoms with van der Waals surface area (Å²) in [5.74, 6) is 0.696. The molecule has 2 fully saturated rings. The maximum absolute atomic E-state index is 12.5. The molecule has 0 radical (unpaired) electrons. The highest BCUT2D eigenvalue weighted by molar-refractivity contribution is 9.10. The number of piperazine rings is 1. The molecule has 2 amide bonds. The second-order valence-corrected chi connectivity index (χ2v) is 8.22. The molecular formula is C20H28BrN3O2. The van der Waals surface area contributed by atoms with Crippen LogP contribution in [0.2, 0.25) is 0 Å². The predicted molar refractivity (Wildman–Crippen MR) is 106 cm³/mol. The summed E-state index contributed by atoms with van der Waals surface area (Å²) in [7, 11) is 0. The predicted octanol–water partition coefficient (Wildman–Crippen LogP) is 2.44. The molecular weight excluding hydrogens is 394 g/mol. The lowest BCUT2D eigenvalue weighted by Gasteiger charge is -2.36. The number of rotatable bonds is 6. The Hall–Kier alpha value is -1.40. The first kappa shape index (κ1) is 19.4. The molecule has 0 unspecified atom stereocenters. The maximum atomic E-state index is 12.5. The molecule has 1 aromatic carbocycles. The second kappa shape index (κ2) is 9.51. The van der Waals surface area contributed by atoms with Gasteiger partial charge in [0.05, 0.1) is 6.42 Å². The number of carbonyl (C=O) groups excluding carboxylic acids is 2. The van der Waals surface area contributed by atoms with Gasteiger partial charge in [0.25, 0.3) is 0 Å². The summed E-state index contributed by atoms with van der Waals surface area (Å²) < 4.78 is 0.993. The zero-order valence-corrected chi connectivity index (χ0v) is 16.8. The number of amides is 2. The molecule has 0 bridgehead atoms. The Bertz CT molecular complexity index is 623. The van der Waals surface area contributed by atoms with Crippen LogP contribution in [0, 0.1) is 5.92 Å². The monoisotopic (exact) mass is 421 g/mol. The fourth-order valence-electron chi connectivity index (χ4n) is 3.87. The first-order valence-electron chi connectivity index (χ1n) is 9.64. The van der Waals surface area contributed by atoms with E-state index in [0.29, 0.717) is 18.9 Å². The Balaban J connectivity index is 1.32. The third kappa shape index (κ3) is 5.55. The smallest absolute Gasteiger partial charge is 0.225 e. The molecule has 5 nitrogen and oxygen atoms in total. The summed E-state index contributed by atoms with van der Waals surface area (Å²) in [6.07, 6.45) is 4.96. The van der Waals surface area contributed by atoms with Crippen LogP contribution in [0.4, 0.5) is 0 Å². The van der Waals surface area contributed by atoms with Gasteiger partial charge in [-0.1, -0.05) is 40.9 Å². The van der Waals surface area contributed by atoms with Crippen molar-refractivity contribution in [2.45, 2.75) is 32.1 Å². The number of nitrogens with zero attached hydrogens (tertiary/aromatic N) is 2. The van der Waals surface area contributed by atoms with Crippen LogP contribution in [0.1, 0.15) is 31.2 Å². The average Bonchev–Trinajstić information content (AvgIpc) is 3.16. The van der Waals surface area contributed by atoms with Gasteiger partial charge in [-0.15, -0.1) is 0 Å². The molecule has 3 rings (SSSR count). The molecule has 26 heavy (non-hydrogen) atoms. The van der Waals surface area contributed by atoms with E-state index in [-0.39, 0.29) is 11.8 Å². The van der Waals surface area contributed by atoms with E-state index in [1.807, 2.05) is 29.2 Å². The molecule has 1 saturated carbocycles. The Morgan fingerprint density at radius 2 is 1.85 bits per heavy atom. The van der Waals surface area contributed by atoms with Crippen LogP contribution in [0.15, 0.2) is 28.7 Å². The largest absolute Gasteiger partial charge is 0.355 e. The molecule has 1 aliphatic heterocycles. The zero-order valence-electron chi connectivity index (χ0n) is 15.3. The second-order valence-electron chi connectivity index (χ2n) is 7.30. The van der Waals surface area contributed by atoms with Crippen molar-refractivity contribution >= 4 is 27.7 Å². The highest BCUT2D eigenvalue weighted by Crippen LogP contribution is 2.26. The molecule has 1 heterocycles. The van der Waals surface area contributed by atoms with E-state index in [1.54, 1.807) is 0 Å². The van der Waals surface area contributed by atoms with Crippen LogP contribution in [0.3, 0.4) is 0 Å². The topological polar surface area (TPSA) is 52.7 Å². The number of carbonyl (C=O) groups is 2. The molecule has 0 spiro atoms. The Kier molecular flexibility index (Phi) is 7.08. The summed E-state index contributed by atoms with van der Waals surface area (Å²) in [6.45, 7) is 4.95. The van der Waals surface area contributed by atoms with E-state index in [1.165, 1.54) is 12.8 Å². The summed E-state index contributed by atoms with van der Waals surface area (Å²) in [5.41, 5.74) is 1.01. The van der Waals surface area contributed by atoms with Gasteiger partial charge in [-0.2, -0.15) is 0 Å². The van der Waals surface area contributed by atoms with E-state index in [2.05, 4.69) is 26.1 Å². The van der Waals surface area contributed by atoms with Gasteiger partial charge in [0.2, 0.25) is 11.8 Å². The average molecular weight is 422 g/mol. The quantitative estimate of drug-likeness (QED) is 0.767. The Morgan fingerprint density at radius 3 is 2.54 bits per heavy atom. The van der Waals surface area contributed by atoms with Crippen molar-refractivity contribution in [2.24, 2.45) is 5.92 Å². The maximum Gasteiger partial charge on any atom is 0.225 e. The zero-order chi connectivity index (χ0) is 18.4. The van der Waals surface area contributed by atoms with E-state index in [9.17, 15) is 9.59 Å². The number of nitrogens with one attached hydrogen (secondary N) is 1. The highest BCUT2D eigenvalue weighted by Gasteiger charge is 2.29. The Morgan fingerprint density at radius 1 is 1.12 bits per heavy atom. The molecule has 1 aliphatic carbocycles. The van der Waals surface area contributed by atoms with E-state index >= 15 is 0 Å². The fourth-order valence-corrected chi connectivity index (χ4v) is 4.32. The standard InChI is InChI=1S/C20H28BrN3O2/c21-18-7-3-4-16(14-18)15-19(25)22-8-9-23-10-12-24(13-11-23)20(26)17-5-1-2-6-17/h3-4,7,14,17H,1-2,5-6,8-13,15H2,(H,22,25). The molecule has 1 saturated heterocycles. The molecule has 0 aromatic heterocycles. The van der Waals surface area contributed by atoms with Crippen molar-refractivity contribution in [3.63, 3.8) is 0 Å². The van der Waals surface area contributed by atoms with Gasteiger partial charge in [0, 0.05) is 49.7 Å². The van der Waals surface area contributed by atoms with Crippen molar-refractivity contribution in [1.82, 2.24) is 15.1 Å². The lowest BCUT2D eigenvalue weighted by Crippen LogP contribution is -2.51. The molecule has 142 valence electrons. The number of hydrogen-bond donors (Lipinski definition) is 1. The summed E-state index contributed by atoms with van der Waals surface area (Å²) >= 11 is 3.43. The van der Waals surface area contributed by atoms with Crippen molar-refractivity contribution in [3.05, 3.63) is 34.3 Å². The molecule has 6 heteroatoms. The van der Waals surface area contributed by atoms with E-state index < -0.39 is 0 Å². The van der Waals surface area contributed by atoms with Crippen molar-refractivity contribution in [1.29, 1.82) is 0 Å². The third-order valence-electron chi connectivity index (χ3n) is 5.39. The first-order chi connectivity index (χ1) is 12.6. The lowest BCUT2D eigenvalue weighted by molar-refractivity contribution is -0.137. The lowest BCUT2D eigenvalue weighted by atomic mass is 10.1. The van der Waals surface area contributed by atoms with Gasteiger partial charge in [0.15, 0.2) is 0 Å². The van der Waals surface area contributed by atoms with Gasteiger partial charge in [-0.3, -0.25) is 14.5 Å². The normalized spacial score (nSPS) is 18.9. The summed E-state index contributed by atoms with van der Waals surface area (Å²) in [6, 6.07) is 7.84. The summed E-state index contributed by atoms with van der Waals surface area (Å²) in [4.78, 5) is 28.9. The van der Waals surface area contributed by atoms with Crippen LogP contribution in [0.25, 0.3) is 0 Å². The number of hydrogen-bond acceptors (Lipinski definition) is 3. The molecule has 1 aromatic rings. The van der Waals surface area contributed by atoms with Gasteiger partial charge < -0.3 is 10.2 Å². The highest BCUT2D eigenvalue weighted by atomic mass is 79.9. The van der Waals surface area contributed by atoms with Crippen LogP contribution in [0.5, 0.6) is 0 Å². The third-order valence-corrected chi connectivity index (χ3v) is 5.89.